The third-order valence-corrected chi connectivity index (χ3v) is 2.34. The second kappa shape index (κ2) is 5.27. The number of nitro groups is 1. The fraction of sp³-hybridized carbons (Fsp3) is 0.0909. The quantitative estimate of drug-likeness (QED) is 0.656. The van der Waals surface area contributed by atoms with E-state index in [1.54, 1.807) is 18.3 Å². The largest absolute Gasteiger partial charge is 0.295 e. The van der Waals surface area contributed by atoms with E-state index >= 15 is 0 Å². The first-order valence-corrected chi connectivity index (χ1v) is 5.25. The maximum atomic E-state index is 11.4. The lowest BCUT2D eigenvalue weighted by atomic mass is 10.3. The number of non-ortho nitro benzene ring substituents is 1. The van der Waals surface area contributed by atoms with Gasteiger partial charge in [-0.25, -0.2) is 10.2 Å². The van der Waals surface area contributed by atoms with E-state index in [1.165, 1.54) is 30.0 Å². The molecule has 1 N–H and O–H groups in total. The molecule has 0 saturated carbocycles. The van der Waals surface area contributed by atoms with Gasteiger partial charge in [0.15, 0.2) is 5.69 Å². The Labute approximate surface area is 107 Å². The molecule has 0 bridgehead atoms. The van der Waals surface area contributed by atoms with E-state index in [0.29, 0.717) is 5.69 Å². The van der Waals surface area contributed by atoms with Crippen LogP contribution in [-0.2, 0) is 4.84 Å². The summed E-state index contributed by atoms with van der Waals surface area (Å²) in [5.41, 5.74) is 2.93. The SMILES string of the molecule is CONC(=O)c1ccn(-c2ccc([N+](=O)[O-])cc2)n1. The summed E-state index contributed by atoms with van der Waals surface area (Å²) in [5.74, 6) is -0.469. The topological polar surface area (TPSA) is 99.3 Å². The lowest BCUT2D eigenvalue weighted by Crippen LogP contribution is -2.22. The molecule has 0 aliphatic carbocycles. The average molecular weight is 262 g/mol. The molecule has 8 heteroatoms. The van der Waals surface area contributed by atoms with E-state index in [4.69, 9.17) is 0 Å². The van der Waals surface area contributed by atoms with Gasteiger partial charge in [-0.2, -0.15) is 5.10 Å². The highest BCUT2D eigenvalue weighted by atomic mass is 16.6. The lowest BCUT2D eigenvalue weighted by molar-refractivity contribution is -0.384. The molecule has 0 radical (unpaired) electrons. The van der Waals surface area contributed by atoms with Crippen LogP contribution in [0.15, 0.2) is 36.5 Å². The summed E-state index contributed by atoms with van der Waals surface area (Å²) in [7, 11) is 1.32. The molecule has 0 aliphatic rings. The normalized spacial score (nSPS) is 10.2. The summed E-state index contributed by atoms with van der Waals surface area (Å²) < 4.78 is 1.44. The number of nitrogens with one attached hydrogen (secondary N) is 1. The molecule has 8 nitrogen and oxygen atoms in total. The third kappa shape index (κ3) is 2.75. The van der Waals surface area contributed by atoms with Crippen LogP contribution in [0.4, 0.5) is 5.69 Å². The maximum Gasteiger partial charge on any atom is 0.295 e. The summed E-state index contributed by atoms with van der Waals surface area (Å²) in [6.45, 7) is 0. The molecular weight excluding hydrogens is 252 g/mol. The van der Waals surface area contributed by atoms with Crippen molar-refractivity contribution >= 4 is 11.6 Å². The zero-order valence-corrected chi connectivity index (χ0v) is 9.94. The monoisotopic (exact) mass is 262 g/mol. The van der Waals surface area contributed by atoms with Gasteiger partial charge in [0.25, 0.3) is 11.6 Å². The first-order chi connectivity index (χ1) is 9.11. The second-order valence-electron chi connectivity index (χ2n) is 3.55. The van der Waals surface area contributed by atoms with Gasteiger partial charge in [-0.3, -0.25) is 19.7 Å². The van der Waals surface area contributed by atoms with Crippen molar-refractivity contribution in [3.63, 3.8) is 0 Å². The molecule has 0 unspecified atom stereocenters. The highest BCUT2D eigenvalue weighted by molar-refractivity contribution is 5.91. The number of nitro benzene ring substituents is 1. The van der Waals surface area contributed by atoms with Gasteiger partial charge in [-0.05, 0) is 18.2 Å². The molecule has 0 fully saturated rings. The molecule has 2 aromatic rings. The van der Waals surface area contributed by atoms with Crippen LogP contribution < -0.4 is 5.48 Å². The number of amides is 1. The minimum absolute atomic E-state index is 0.00624. The van der Waals surface area contributed by atoms with Crippen LogP contribution in [0.5, 0.6) is 0 Å². The summed E-state index contributed by atoms with van der Waals surface area (Å²) >= 11 is 0. The minimum Gasteiger partial charge on any atom is -0.277 e. The van der Waals surface area contributed by atoms with Crippen molar-refractivity contribution in [2.75, 3.05) is 7.11 Å². The van der Waals surface area contributed by atoms with Gasteiger partial charge in [0, 0.05) is 18.3 Å². The van der Waals surface area contributed by atoms with E-state index < -0.39 is 10.8 Å². The predicted octanol–water partition coefficient (Wildman–Crippen LogP) is 1.07. The predicted molar refractivity (Wildman–Crippen MR) is 64.7 cm³/mol. The van der Waals surface area contributed by atoms with Crippen LogP contribution in [0.3, 0.4) is 0 Å². The Bertz CT molecular complexity index is 605. The van der Waals surface area contributed by atoms with Gasteiger partial charge in [-0.15, -0.1) is 0 Å². The molecule has 1 aromatic heterocycles. The van der Waals surface area contributed by atoms with Crippen molar-refractivity contribution in [1.29, 1.82) is 0 Å². The van der Waals surface area contributed by atoms with Gasteiger partial charge >= 0.3 is 0 Å². The number of hydrogen-bond donors (Lipinski definition) is 1. The van der Waals surface area contributed by atoms with Crippen molar-refractivity contribution in [3.05, 3.63) is 52.3 Å². The van der Waals surface area contributed by atoms with Crippen molar-refractivity contribution in [1.82, 2.24) is 15.3 Å². The molecule has 0 saturated heterocycles. The van der Waals surface area contributed by atoms with Crippen molar-refractivity contribution in [2.45, 2.75) is 0 Å². The van der Waals surface area contributed by atoms with Crippen LogP contribution in [0.2, 0.25) is 0 Å². The Morgan fingerprint density at radius 1 is 1.37 bits per heavy atom. The molecule has 0 aliphatic heterocycles. The van der Waals surface area contributed by atoms with Gasteiger partial charge in [0.1, 0.15) is 0 Å². The van der Waals surface area contributed by atoms with Crippen LogP contribution in [0.1, 0.15) is 10.5 Å². The van der Waals surface area contributed by atoms with E-state index in [-0.39, 0.29) is 11.4 Å². The summed E-state index contributed by atoms with van der Waals surface area (Å²) in [5, 5.41) is 14.6. The highest BCUT2D eigenvalue weighted by Crippen LogP contribution is 2.14. The fourth-order valence-corrected chi connectivity index (χ4v) is 1.46. The van der Waals surface area contributed by atoms with E-state index in [1.807, 2.05) is 0 Å². The van der Waals surface area contributed by atoms with Crippen LogP contribution in [-0.4, -0.2) is 27.7 Å². The maximum absolute atomic E-state index is 11.4. The summed E-state index contributed by atoms with van der Waals surface area (Å²) in [6.07, 6.45) is 1.58. The molecule has 2 rings (SSSR count). The second-order valence-corrected chi connectivity index (χ2v) is 3.55. The number of hydroxylamine groups is 1. The molecule has 1 aromatic carbocycles. The molecule has 0 spiro atoms. The van der Waals surface area contributed by atoms with Gasteiger partial charge in [0.05, 0.1) is 17.7 Å². The number of benzene rings is 1. The van der Waals surface area contributed by atoms with Gasteiger partial charge in [-0.1, -0.05) is 0 Å². The van der Waals surface area contributed by atoms with Crippen LogP contribution in [0.25, 0.3) is 5.69 Å². The Hall–Kier alpha value is -2.74. The number of aromatic nitrogens is 2. The van der Waals surface area contributed by atoms with E-state index in [9.17, 15) is 14.9 Å². The number of nitrogens with zero attached hydrogens (tertiary/aromatic N) is 3. The summed E-state index contributed by atoms with van der Waals surface area (Å²) in [6, 6.07) is 7.33. The standard InChI is InChI=1S/C11H10N4O4/c1-19-13-11(16)10-6-7-14(12-10)8-2-4-9(5-3-8)15(17)18/h2-7H,1H3,(H,13,16). The first-order valence-electron chi connectivity index (χ1n) is 5.25. The average Bonchev–Trinajstić information content (AvgIpc) is 2.89. The van der Waals surface area contributed by atoms with Crippen LogP contribution >= 0.6 is 0 Å². The number of hydrogen-bond acceptors (Lipinski definition) is 5. The molecule has 1 heterocycles. The van der Waals surface area contributed by atoms with Crippen molar-refractivity contribution in [2.24, 2.45) is 0 Å². The van der Waals surface area contributed by atoms with Gasteiger partial charge in [0.2, 0.25) is 0 Å². The molecule has 0 atom stereocenters. The lowest BCUT2D eigenvalue weighted by Gasteiger charge is -2.01. The Morgan fingerprint density at radius 3 is 2.63 bits per heavy atom. The zero-order chi connectivity index (χ0) is 13.8. The Balaban J connectivity index is 2.23. The molecule has 19 heavy (non-hydrogen) atoms. The van der Waals surface area contributed by atoms with Gasteiger partial charge < -0.3 is 0 Å². The number of carbonyl (C=O) groups excluding carboxylic acids is 1. The minimum atomic E-state index is -0.482. The Kier molecular flexibility index (Phi) is 3.53. The zero-order valence-electron chi connectivity index (χ0n) is 9.94. The molecular formula is C11H10N4O4. The number of carbonyl (C=O) groups is 1. The fourth-order valence-electron chi connectivity index (χ4n) is 1.46. The van der Waals surface area contributed by atoms with Crippen molar-refractivity contribution in [3.8, 4) is 5.69 Å². The van der Waals surface area contributed by atoms with E-state index in [0.717, 1.165) is 0 Å². The Morgan fingerprint density at radius 2 is 2.05 bits per heavy atom. The van der Waals surface area contributed by atoms with Crippen molar-refractivity contribution < 1.29 is 14.6 Å². The van der Waals surface area contributed by atoms with Crippen LogP contribution in [0, 0.1) is 10.1 Å². The molecule has 1 amide bonds. The smallest absolute Gasteiger partial charge is 0.277 e. The third-order valence-electron chi connectivity index (χ3n) is 2.34. The number of rotatable bonds is 4. The molecule has 98 valence electrons. The van der Waals surface area contributed by atoms with E-state index in [2.05, 4.69) is 15.4 Å². The first kappa shape index (κ1) is 12.7. The summed E-state index contributed by atoms with van der Waals surface area (Å²) in [4.78, 5) is 26.0. The highest BCUT2D eigenvalue weighted by Gasteiger charge is 2.10.